The third-order valence-corrected chi connectivity index (χ3v) is 13.2. The van der Waals surface area contributed by atoms with E-state index in [4.69, 9.17) is 23.3 Å². The van der Waals surface area contributed by atoms with Crippen molar-refractivity contribution in [1.82, 2.24) is 0 Å². The van der Waals surface area contributed by atoms with Crippen molar-refractivity contribution in [2.24, 2.45) is 0 Å². The molecule has 0 aliphatic carbocycles. The van der Waals surface area contributed by atoms with Crippen molar-refractivity contribution >= 4 is 25.7 Å². The largest absolute Gasteiger partial charge is 0.472 e. The normalized spacial score (nSPS) is 13.7. The number of carbonyl (C=O) groups excluding carboxylic acids is 3. The number of aliphatic hydroxyl groups is 1. The van der Waals surface area contributed by atoms with Gasteiger partial charge in [0.1, 0.15) is 12.7 Å². The molecule has 3 unspecified atom stereocenters. The van der Waals surface area contributed by atoms with Crippen LogP contribution in [0.2, 0.25) is 0 Å². The van der Waals surface area contributed by atoms with Gasteiger partial charge in [-0.25, -0.2) is 4.57 Å². The highest BCUT2D eigenvalue weighted by molar-refractivity contribution is 7.47. The van der Waals surface area contributed by atoms with Crippen LogP contribution in [0.4, 0.5) is 0 Å². The Morgan fingerprint density at radius 1 is 0.414 bits per heavy atom. The van der Waals surface area contributed by atoms with Gasteiger partial charge in [-0.1, -0.05) is 249 Å². The number of hydrogen-bond donors (Lipinski definition) is 2. The second-order valence-electron chi connectivity index (χ2n) is 19.1. The number of phosphoric ester groups is 1. The molecule has 0 fully saturated rings. The lowest BCUT2D eigenvalue weighted by atomic mass is 10.0. The third kappa shape index (κ3) is 50.4. The fourth-order valence-electron chi connectivity index (χ4n) is 7.96. The second kappa shape index (κ2) is 52.8. The minimum atomic E-state index is -4.75. The van der Waals surface area contributed by atoms with Crippen LogP contribution in [0.25, 0.3) is 0 Å². The molecule has 11 nitrogen and oxygen atoms in total. The van der Waals surface area contributed by atoms with Crippen molar-refractivity contribution in [2.75, 3.05) is 26.4 Å². The first-order chi connectivity index (χ1) is 34.2. The van der Waals surface area contributed by atoms with Crippen LogP contribution >= 0.6 is 7.82 Å². The Kier molecular flexibility index (Phi) is 50.8. The second-order valence-corrected chi connectivity index (χ2v) is 20.5. The minimum absolute atomic E-state index is 0.108. The molecule has 0 spiro atoms. The molecule has 0 aromatic carbocycles. The Morgan fingerprint density at radius 3 is 1.11 bits per heavy atom. The van der Waals surface area contributed by atoms with Gasteiger partial charge in [0.2, 0.25) is 0 Å². The van der Waals surface area contributed by atoms with E-state index in [0.717, 1.165) is 64.2 Å². The molecule has 0 aromatic heterocycles. The zero-order chi connectivity index (χ0) is 51.3. The first kappa shape index (κ1) is 67.4. The fourth-order valence-corrected chi connectivity index (χ4v) is 8.74. The van der Waals surface area contributed by atoms with E-state index in [1.807, 2.05) is 12.2 Å². The quantitative estimate of drug-likeness (QED) is 0.0197. The lowest BCUT2D eigenvalue weighted by Gasteiger charge is -2.21. The SMILES string of the molecule is CC/C=C\C/C=C\C/C=C\C/C=C\CCC(=O)OCC(COP(=O)(O)OCC(CO)OC(=O)CCCCCCCCCCCCCCC)OC(=O)CCCCCCCCCCCCCCCCCCC. The number of hydrogen-bond acceptors (Lipinski definition) is 10. The first-order valence-electron chi connectivity index (χ1n) is 28.5. The molecule has 70 heavy (non-hydrogen) atoms. The molecule has 0 radical (unpaired) electrons. The van der Waals surface area contributed by atoms with E-state index in [-0.39, 0.29) is 25.9 Å². The van der Waals surface area contributed by atoms with Crippen molar-refractivity contribution in [2.45, 2.75) is 277 Å². The summed E-state index contributed by atoms with van der Waals surface area (Å²) in [5.74, 6) is -1.55. The maximum absolute atomic E-state index is 12.9. The minimum Gasteiger partial charge on any atom is -0.462 e. The van der Waals surface area contributed by atoms with E-state index in [0.29, 0.717) is 19.3 Å². The fraction of sp³-hybridized carbons (Fsp3) is 0.810. The van der Waals surface area contributed by atoms with Crippen LogP contribution in [0.3, 0.4) is 0 Å². The van der Waals surface area contributed by atoms with Gasteiger partial charge in [0.15, 0.2) is 6.10 Å². The number of ether oxygens (including phenoxy) is 3. The monoisotopic (exact) mass is 1010 g/mol. The molecular weight excluding hydrogens is 904 g/mol. The van der Waals surface area contributed by atoms with Gasteiger partial charge in [0.25, 0.3) is 0 Å². The molecule has 0 rings (SSSR count). The van der Waals surface area contributed by atoms with Crippen LogP contribution < -0.4 is 0 Å². The van der Waals surface area contributed by atoms with Gasteiger partial charge in [-0.15, -0.1) is 0 Å². The van der Waals surface area contributed by atoms with Gasteiger partial charge >= 0.3 is 25.7 Å². The average molecular weight is 1010 g/mol. The molecule has 0 saturated carbocycles. The molecule has 12 heteroatoms. The van der Waals surface area contributed by atoms with E-state index in [2.05, 4.69) is 57.2 Å². The summed E-state index contributed by atoms with van der Waals surface area (Å²) < 4.78 is 39.4. The van der Waals surface area contributed by atoms with Crippen LogP contribution in [0, 0.1) is 0 Å². The highest BCUT2D eigenvalue weighted by atomic mass is 31.2. The number of phosphoric acid groups is 1. The summed E-state index contributed by atoms with van der Waals surface area (Å²) in [7, 11) is -4.75. The van der Waals surface area contributed by atoms with Crippen LogP contribution in [-0.4, -0.2) is 66.5 Å². The van der Waals surface area contributed by atoms with Crippen LogP contribution in [0.5, 0.6) is 0 Å². The number of aliphatic hydroxyl groups excluding tert-OH is 1. The summed E-state index contributed by atoms with van der Waals surface area (Å²) in [6.07, 6.45) is 55.2. The summed E-state index contributed by atoms with van der Waals surface area (Å²) in [4.78, 5) is 48.4. The zero-order valence-electron chi connectivity index (χ0n) is 45.0. The van der Waals surface area contributed by atoms with Gasteiger partial charge in [-0.2, -0.15) is 0 Å². The van der Waals surface area contributed by atoms with Gasteiger partial charge in [-0.3, -0.25) is 23.4 Å². The molecule has 0 aromatic rings. The van der Waals surface area contributed by atoms with Crippen LogP contribution in [0.1, 0.15) is 265 Å². The number of rotatable bonds is 53. The van der Waals surface area contributed by atoms with Gasteiger partial charge in [0, 0.05) is 19.3 Å². The molecule has 0 saturated heterocycles. The van der Waals surface area contributed by atoms with E-state index >= 15 is 0 Å². The van der Waals surface area contributed by atoms with E-state index < -0.39 is 57.8 Å². The molecule has 408 valence electrons. The molecule has 0 heterocycles. The lowest BCUT2D eigenvalue weighted by molar-refractivity contribution is -0.161. The van der Waals surface area contributed by atoms with Crippen molar-refractivity contribution in [3.05, 3.63) is 48.6 Å². The van der Waals surface area contributed by atoms with Crippen LogP contribution in [-0.2, 0) is 42.2 Å². The maximum Gasteiger partial charge on any atom is 0.472 e. The van der Waals surface area contributed by atoms with E-state index in [9.17, 15) is 28.9 Å². The van der Waals surface area contributed by atoms with Crippen molar-refractivity contribution in [1.29, 1.82) is 0 Å². The van der Waals surface area contributed by atoms with Crippen molar-refractivity contribution in [3.63, 3.8) is 0 Å². The average Bonchev–Trinajstić information content (AvgIpc) is 3.35. The lowest BCUT2D eigenvalue weighted by Crippen LogP contribution is -2.30. The number of allylic oxidation sites excluding steroid dienone is 8. The summed E-state index contributed by atoms with van der Waals surface area (Å²) in [6.45, 7) is 4.48. The highest BCUT2D eigenvalue weighted by Crippen LogP contribution is 2.43. The van der Waals surface area contributed by atoms with E-state index in [1.165, 1.54) is 141 Å². The Morgan fingerprint density at radius 2 is 0.743 bits per heavy atom. The molecule has 0 amide bonds. The van der Waals surface area contributed by atoms with Crippen molar-refractivity contribution in [3.8, 4) is 0 Å². The predicted octanol–water partition coefficient (Wildman–Crippen LogP) is 16.6. The highest BCUT2D eigenvalue weighted by Gasteiger charge is 2.28. The summed E-state index contributed by atoms with van der Waals surface area (Å²) in [5, 5.41) is 9.80. The molecule has 0 aliphatic heterocycles. The summed E-state index contributed by atoms with van der Waals surface area (Å²) in [5.41, 5.74) is 0. The van der Waals surface area contributed by atoms with Gasteiger partial charge in [0.05, 0.1) is 19.8 Å². The topological polar surface area (TPSA) is 155 Å². The Bertz CT molecular complexity index is 1360. The predicted molar refractivity (Wildman–Crippen MR) is 289 cm³/mol. The summed E-state index contributed by atoms with van der Waals surface area (Å²) in [6, 6.07) is 0. The van der Waals surface area contributed by atoms with Crippen LogP contribution in [0.15, 0.2) is 48.6 Å². The van der Waals surface area contributed by atoms with Gasteiger partial charge < -0.3 is 24.2 Å². The summed E-state index contributed by atoms with van der Waals surface area (Å²) >= 11 is 0. The first-order valence-corrected chi connectivity index (χ1v) is 30.0. The number of esters is 3. The molecule has 0 bridgehead atoms. The molecule has 0 aliphatic rings. The van der Waals surface area contributed by atoms with E-state index in [1.54, 1.807) is 0 Å². The molecule has 2 N–H and O–H groups in total. The third-order valence-electron chi connectivity index (χ3n) is 12.3. The Hall–Kier alpha value is -2.56. The number of carbonyl (C=O) groups is 3. The smallest absolute Gasteiger partial charge is 0.462 e. The number of unbranched alkanes of at least 4 members (excludes halogenated alkanes) is 28. The zero-order valence-corrected chi connectivity index (χ0v) is 45.9. The Labute approximate surface area is 428 Å². The van der Waals surface area contributed by atoms with Gasteiger partial charge in [-0.05, 0) is 44.9 Å². The molecular formula is C58H105O11P. The Balaban J connectivity index is 4.75. The molecule has 3 atom stereocenters. The standard InChI is InChI=1S/C58H105O11P/c1-4-7-10-13-16-19-22-25-26-27-28-31-34-37-40-43-46-49-58(62)69-55(51-65-56(60)47-44-41-38-35-32-29-23-20-17-14-11-8-5-2)53-67-70(63,64)66-52-54(50-59)68-57(61)48-45-42-39-36-33-30-24-21-18-15-12-9-6-3/h8,11,17,20,29,32,38,41,54-55,59H,4-7,9-10,12-16,18-19,21-28,30-31,33-37,39-40,42-53H2,1-3H3,(H,63,64)/b11-8-,20-17-,32-29-,41-38-. The van der Waals surface area contributed by atoms with Crippen molar-refractivity contribution < 1.29 is 52.2 Å². The maximum atomic E-state index is 12.9.